The fourth-order valence-corrected chi connectivity index (χ4v) is 4.83. The summed E-state index contributed by atoms with van der Waals surface area (Å²) in [6, 6.07) is 7.95. The zero-order valence-electron chi connectivity index (χ0n) is 14.5. The number of carbonyl (C=O) groups is 1. The summed E-state index contributed by atoms with van der Waals surface area (Å²) in [4.78, 5) is 13.6. The van der Waals surface area contributed by atoms with Crippen LogP contribution in [0.25, 0.3) is 0 Å². The molecule has 0 radical (unpaired) electrons. The number of carbonyl (C=O) groups excluding carboxylic acids is 1. The van der Waals surface area contributed by atoms with Gasteiger partial charge in [0.2, 0.25) is 10.0 Å². The van der Waals surface area contributed by atoms with E-state index in [9.17, 15) is 13.2 Å². The molecule has 0 saturated carbocycles. The lowest BCUT2D eigenvalue weighted by Gasteiger charge is -2.21. The quantitative estimate of drug-likeness (QED) is 0.643. The maximum atomic E-state index is 12.7. The molecule has 0 aliphatic rings. The Morgan fingerprint density at radius 1 is 1.35 bits per heavy atom. The SMILES string of the molecule is C=CCNS(=O)(=O)c1cc(C(=O)N[C@H](c2cccs2)C(C)C)ccc1Cl. The number of sulfonamides is 1. The van der Waals surface area contributed by atoms with Crippen molar-refractivity contribution in [2.75, 3.05) is 6.54 Å². The Balaban J connectivity index is 2.29. The molecule has 2 rings (SSSR count). The van der Waals surface area contributed by atoms with Crippen LogP contribution in [-0.4, -0.2) is 20.9 Å². The van der Waals surface area contributed by atoms with Crippen LogP contribution in [0.4, 0.5) is 0 Å². The molecule has 0 fully saturated rings. The summed E-state index contributed by atoms with van der Waals surface area (Å²) in [6.45, 7) is 7.58. The maximum Gasteiger partial charge on any atom is 0.251 e. The summed E-state index contributed by atoms with van der Waals surface area (Å²) in [5.74, 6) is -0.170. The minimum absolute atomic E-state index is 0.0526. The topological polar surface area (TPSA) is 75.3 Å². The van der Waals surface area contributed by atoms with Gasteiger partial charge in [-0.3, -0.25) is 4.79 Å². The van der Waals surface area contributed by atoms with Gasteiger partial charge in [0.05, 0.1) is 11.1 Å². The van der Waals surface area contributed by atoms with Crippen molar-refractivity contribution >= 4 is 38.9 Å². The number of halogens is 1. The average molecular weight is 413 g/mol. The van der Waals surface area contributed by atoms with Crippen LogP contribution in [0, 0.1) is 5.92 Å². The van der Waals surface area contributed by atoms with Crippen LogP contribution in [0.3, 0.4) is 0 Å². The Kier molecular flexibility index (Phi) is 7.00. The zero-order chi connectivity index (χ0) is 19.3. The largest absolute Gasteiger partial charge is 0.344 e. The van der Waals surface area contributed by atoms with Gasteiger partial charge in [-0.2, -0.15) is 0 Å². The zero-order valence-corrected chi connectivity index (χ0v) is 16.9. The number of rotatable bonds is 8. The highest BCUT2D eigenvalue weighted by atomic mass is 35.5. The first-order chi connectivity index (χ1) is 12.3. The third-order valence-electron chi connectivity index (χ3n) is 3.70. The van der Waals surface area contributed by atoms with E-state index in [1.165, 1.54) is 24.3 Å². The molecule has 0 unspecified atom stereocenters. The lowest BCUT2D eigenvalue weighted by molar-refractivity contribution is 0.0926. The first-order valence-corrected chi connectivity index (χ1v) is 10.7. The molecule has 2 N–H and O–H groups in total. The van der Waals surface area contributed by atoms with E-state index in [2.05, 4.69) is 16.6 Å². The monoisotopic (exact) mass is 412 g/mol. The molecular formula is C18H21ClN2O3S2. The van der Waals surface area contributed by atoms with Gasteiger partial charge in [-0.25, -0.2) is 13.1 Å². The molecule has 140 valence electrons. The van der Waals surface area contributed by atoms with Crippen molar-refractivity contribution in [1.82, 2.24) is 10.0 Å². The molecule has 0 spiro atoms. The Hall–Kier alpha value is -1.67. The molecule has 0 aliphatic carbocycles. The van der Waals surface area contributed by atoms with Crippen LogP contribution in [0.1, 0.15) is 35.1 Å². The molecule has 1 aromatic heterocycles. The van der Waals surface area contributed by atoms with Gasteiger partial charge >= 0.3 is 0 Å². The summed E-state index contributed by atoms with van der Waals surface area (Å²) >= 11 is 7.59. The second-order valence-corrected chi connectivity index (χ2v) is 9.12. The summed E-state index contributed by atoms with van der Waals surface area (Å²) in [7, 11) is -3.83. The van der Waals surface area contributed by atoms with Crippen molar-refractivity contribution in [3.8, 4) is 0 Å². The Morgan fingerprint density at radius 2 is 2.08 bits per heavy atom. The van der Waals surface area contributed by atoms with E-state index in [1.807, 2.05) is 31.4 Å². The lowest BCUT2D eigenvalue weighted by atomic mass is 10.0. The predicted molar refractivity (Wildman–Crippen MR) is 106 cm³/mol. The van der Waals surface area contributed by atoms with Crippen LogP contribution in [0.15, 0.2) is 53.3 Å². The van der Waals surface area contributed by atoms with Gasteiger partial charge in [-0.1, -0.05) is 37.6 Å². The number of nitrogens with one attached hydrogen (secondary N) is 2. The van der Waals surface area contributed by atoms with E-state index >= 15 is 0 Å². The van der Waals surface area contributed by atoms with Crippen LogP contribution in [0.2, 0.25) is 5.02 Å². The Morgan fingerprint density at radius 3 is 2.65 bits per heavy atom. The van der Waals surface area contributed by atoms with E-state index in [1.54, 1.807) is 11.3 Å². The molecule has 0 saturated heterocycles. The Bertz CT molecular complexity index is 878. The lowest BCUT2D eigenvalue weighted by Crippen LogP contribution is -2.31. The van der Waals surface area contributed by atoms with Gasteiger partial charge in [0.15, 0.2) is 0 Å². The van der Waals surface area contributed by atoms with Gasteiger partial charge in [0.25, 0.3) is 5.91 Å². The third-order valence-corrected chi connectivity index (χ3v) is 6.56. The van der Waals surface area contributed by atoms with Crippen LogP contribution >= 0.6 is 22.9 Å². The Labute approximate surface area is 163 Å². The second kappa shape index (κ2) is 8.81. The maximum absolute atomic E-state index is 12.7. The van der Waals surface area contributed by atoms with E-state index < -0.39 is 10.0 Å². The number of hydrogen-bond acceptors (Lipinski definition) is 4. The van der Waals surface area contributed by atoms with Gasteiger partial charge in [-0.15, -0.1) is 17.9 Å². The number of amides is 1. The first-order valence-electron chi connectivity index (χ1n) is 8.00. The van der Waals surface area contributed by atoms with Crippen molar-refractivity contribution in [2.24, 2.45) is 5.92 Å². The highest BCUT2D eigenvalue weighted by Gasteiger charge is 2.23. The highest BCUT2D eigenvalue weighted by Crippen LogP contribution is 2.27. The van der Waals surface area contributed by atoms with Crippen molar-refractivity contribution in [3.63, 3.8) is 0 Å². The molecule has 1 amide bonds. The normalized spacial score (nSPS) is 12.8. The van der Waals surface area contributed by atoms with Gasteiger partial charge in [0, 0.05) is 17.0 Å². The standard InChI is InChI=1S/C18H21ClN2O3S2/c1-4-9-20-26(23,24)16-11-13(7-8-14(16)19)18(22)21-17(12(2)3)15-6-5-10-25-15/h4-8,10-12,17,20H,1,9H2,2-3H3,(H,21,22)/t17-/m0/s1. The molecule has 1 aromatic carbocycles. The minimum Gasteiger partial charge on any atom is -0.344 e. The second-order valence-electron chi connectivity index (χ2n) is 6.00. The van der Waals surface area contributed by atoms with Gasteiger partial charge in [0.1, 0.15) is 4.90 Å². The van der Waals surface area contributed by atoms with E-state index in [0.29, 0.717) is 0 Å². The van der Waals surface area contributed by atoms with Crippen molar-refractivity contribution in [3.05, 3.63) is 63.8 Å². The van der Waals surface area contributed by atoms with Crippen LogP contribution < -0.4 is 10.0 Å². The average Bonchev–Trinajstić information content (AvgIpc) is 3.11. The molecule has 26 heavy (non-hydrogen) atoms. The summed E-state index contributed by atoms with van der Waals surface area (Å²) in [6.07, 6.45) is 1.43. The molecule has 0 aliphatic heterocycles. The molecule has 1 heterocycles. The molecule has 5 nitrogen and oxygen atoms in total. The van der Waals surface area contributed by atoms with Crippen molar-refractivity contribution in [2.45, 2.75) is 24.8 Å². The van der Waals surface area contributed by atoms with Gasteiger partial charge in [-0.05, 0) is 35.6 Å². The molecule has 2 aromatic rings. The van der Waals surface area contributed by atoms with Crippen molar-refractivity contribution in [1.29, 1.82) is 0 Å². The molecule has 8 heteroatoms. The summed E-state index contributed by atoms with van der Waals surface area (Å²) in [5.41, 5.74) is 0.232. The van der Waals surface area contributed by atoms with Gasteiger partial charge < -0.3 is 5.32 Å². The fraction of sp³-hybridized carbons (Fsp3) is 0.278. The van der Waals surface area contributed by atoms with Crippen molar-refractivity contribution < 1.29 is 13.2 Å². The number of benzene rings is 1. The van der Waals surface area contributed by atoms with E-state index in [4.69, 9.17) is 11.6 Å². The number of thiophene rings is 1. The van der Waals surface area contributed by atoms with E-state index in [-0.39, 0.29) is 39.9 Å². The molecule has 0 bridgehead atoms. The van der Waals surface area contributed by atoms with Crippen LogP contribution in [0.5, 0.6) is 0 Å². The minimum atomic E-state index is -3.83. The summed E-state index contributed by atoms with van der Waals surface area (Å²) in [5, 5.41) is 4.98. The highest BCUT2D eigenvalue weighted by molar-refractivity contribution is 7.89. The molecular weight excluding hydrogens is 392 g/mol. The smallest absolute Gasteiger partial charge is 0.251 e. The summed E-state index contributed by atoms with van der Waals surface area (Å²) < 4.78 is 27.0. The van der Waals surface area contributed by atoms with Crippen LogP contribution in [-0.2, 0) is 10.0 Å². The predicted octanol–water partition coefficient (Wildman–Crippen LogP) is 3.99. The number of hydrogen-bond donors (Lipinski definition) is 2. The third kappa shape index (κ3) is 4.94. The molecule has 1 atom stereocenters. The first kappa shape index (κ1) is 20.6. The van der Waals surface area contributed by atoms with E-state index in [0.717, 1.165) is 4.88 Å². The fourth-order valence-electron chi connectivity index (χ4n) is 2.36.